The van der Waals surface area contributed by atoms with E-state index in [-0.39, 0.29) is 25.7 Å². The van der Waals surface area contributed by atoms with Crippen LogP contribution in [0.2, 0.25) is 0 Å². The number of nitrogens with one attached hydrogen (secondary N) is 1. The van der Waals surface area contributed by atoms with Gasteiger partial charge in [-0.05, 0) is 0 Å². The predicted octanol–water partition coefficient (Wildman–Crippen LogP) is 0.349. The van der Waals surface area contributed by atoms with Crippen molar-refractivity contribution in [1.82, 2.24) is 0 Å². The number of nitriles is 2. The lowest BCUT2D eigenvalue weighted by atomic mass is 10.2. The molecule has 0 heterocycles. The third kappa shape index (κ3) is 9.10. The largest absolute Gasteiger partial charge is 0.375 e. The molecule has 0 aromatic heterocycles. The topological polar surface area (TPSA) is 99.1 Å². The SMILES string of the molecule is N#CCOCC(COCC#N)COCC=N. The van der Waals surface area contributed by atoms with E-state index >= 15 is 0 Å². The van der Waals surface area contributed by atoms with Gasteiger partial charge in [0.1, 0.15) is 13.2 Å². The van der Waals surface area contributed by atoms with Crippen LogP contribution in [0.25, 0.3) is 0 Å². The summed E-state index contributed by atoms with van der Waals surface area (Å²) in [6.07, 6.45) is 1.16. The molecule has 0 aliphatic carbocycles. The molecule has 16 heavy (non-hydrogen) atoms. The van der Waals surface area contributed by atoms with Crippen molar-refractivity contribution in [1.29, 1.82) is 15.9 Å². The average molecular weight is 225 g/mol. The molecule has 0 aromatic rings. The van der Waals surface area contributed by atoms with Gasteiger partial charge in [0.25, 0.3) is 0 Å². The lowest BCUT2D eigenvalue weighted by molar-refractivity contribution is 0.0158. The van der Waals surface area contributed by atoms with Crippen molar-refractivity contribution in [3.05, 3.63) is 0 Å². The Hall–Kier alpha value is -1.47. The summed E-state index contributed by atoms with van der Waals surface area (Å²) in [5, 5.41) is 23.4. The second kappa shape index (κ2) is 11.6. The van der Waals surface area contributed by atoms with Crippen LogP contribution < -0.4 is 0 Å². The Morgan fingerprint density at radius 3 is 1.94 bits per heavy atom. The maximum absolute atomic E-state index is 8.30. The number of ether oxygens (including phenoxy) is 3. The summed E-state index contributed by atoms with van der Waals surface area (Å²) in [5.74, 6) is -0.0263. The van der Waals surface area contributed by atoms with E-state index in [1.54, 1.807) is 0 Å². The number of hydrogen-bond acceptors (Lipinski definition) is 6. The van der Waals surface area contributed by atoms with E-state index < -0.39 is 0 Å². The normalized spacial score (nSPS) is 9.69. The van der Waals surface area contributed by atoms with E-state index in [1.807, 2.05) is 12.1 Å². The minimum atomic E-state index is -0.0263. The van der Waals surface area contributed by atoms with Crippen molar-refractivity contribution >= 4 is 6.21 Å². The smallest absolute Gasteiger partial charge is 0.133 e. The van der Waals surface area contributed by atoms with Crippen molar-refractivity contribution in [3.8, 4) is 12.1 Å². The molecule has 0 aromatic carbocycles. The minimum absolute atomic E-state index is 0.0263. The molecule has 0 fully saturated rings. The third-order valence-electron chi connectivity index (χ3n) is 1.60. The molecule has 6 nitrogen and oxygen atoms in total. The fourth-order valence-corrected chi connectivity index (χ4v) is 0.980. The highest BCUT2D eigenvalue weighted by atomic mass is 16.5. The number of hydrogen-bond donors (Lipinski definition) is 1. The zero-order valence-corrected chi connectivity index (χ0v) is 9.02. The molecular formula is C10H15N3O3. The van der Waals surface area contributed by atoms with Crippen LogP contribution in [0.1, 0.15) is 0 Å². The first kappa shape index (κ1) is 14.5. The molecule has 0 aliphatic heterocycles. The maximum Gasteiger partial charge on any atom is 0.133 e. The van der Waals surface area contributed by atoms with Gasteiger partial charge in [-0.2, -0.15) is 10.5 Å². The highest BCUT2D eigenvalue weighted by molar-refractivity contribution is 5.53. The Kier molecular flexibility index (Phi) is 10.5. The Morgan fingerprint density at radius 1 is 1.00 bits per heavy atom. The van der Waals surface area contributed by atoms with E-state index in [2.05, 4.69) is 0 Å². The summed E-state index contributed by atoms with van der Waals surface area (Å²) in [6, 6.07) is 3.73. The van der Waals surface area contributed by atoms with Crippen LogP contribution in [0.15, 0.2) is 0 Å². The van der Waals surface area contributed by atoms with E-state index in [1.165, 1.54) is 0 Å². The molecule has 0 saturated carbocycles. The van der Waals surface area contributed by atoms with Crippen LogP contribution in [0.5, 0.6) is 0 Å². The minimum Gasteiger partial charge on any atom is -0.375 e. The lowest BCUT2D eigenvalue weighted by Gasteiger charge is -2.15. The lowest BCUT2D eigenvalue weighted by Crippen LogP contribution is -2.22. The molecule has 0 bridgehead atoms. The van der Waals surface area contributed by atoms with Crippen molar-refractivity contribution in [3.63, 3.8) is 0 Å². The predicted molar refractivity (Wildman–Crippen MR) is 56.0 cm³/mol. The average Bonchev–Trinajstić information content (AvgIpc) is 2.29. The van der Waals surface area contributed by atoms with Gasteiger partial charge in [-0.15, -0.1) is 0 Å². The molecule has 0 radical (unpaired) electrons. The summed E-state index contributed by atoms with van der Waals surface area (Å²) in [5.41, 5.74) is 0. The number of nitrogens with zero attached hydrogens (tertiary/aromatic N) is 2. The Labute approximate surface area is 94.8 Å². The molecule has 0 unspecified atom stereocenters. The maximum atomic E-state index is 8.30. The van der Waals surface area contributed by atoms with E-state index in [0.29, 0.717) is 19.8 Å². The summed E-state index contributed by atoms with van der Waals surface area (Å²) in [4.78, 5) is 0. The highest BCUT2D eigenvalue weighted by Gasteiger charge is 2.09. The molecule has 0 spiro atoms. The van der Waals surface area contributed by atoms with Crippen molar-refractivity contribution in [2.24, 2.45) is 5.92 Å². The Bertz CT molecular complexity index is 237. The van der Waals surface area contributed by atoms with Crippen molar-refractivity contribution < 1.29 is 14.2 Å². The number of rotatable bonds is 10. The van der Waals surface area contributed by atoms with Gasteiger partial charge in [-0.3, -0.25) is 0 Å². The fourth-order valence-electron chi connectivity index (χ4n) is 0.980. The van der Waals surface area contributed by atoms with Gasteiger partial charge in [0.2, 0.25) is 0 Å². The quantitative estimate of drug-likeness (QED) is 0.427. The second-order valence-corrected chi connectivity index (χ2v) is 2.95. The Balaban J connectivity index is 3.72. The van der Waals surface area contributed by atoms with Gasteiger partial charge in [0.05, 0.1) is 38.6 Å². The van der Waals surface area contributed by atoms with Gasteiger partial charge in [-0.1, -0.05) is 0 Å². The first-order valence-corrected chi connectivity index (χ1v) is 4.81. The molecule has 88 valence electrons. The molecule has 0 amide bonds. The molecule has 1 N–H and O–H groups in total. The molecule has 6 heteroatoms. The first-order chi connectivity index (χ1) is 7.85. The molecule has 0 rings (SSSR count). The third-order valence-corrected chi connectivity index (χ3v) is 1.60. The second-order valence-electron chi connectivity index (χ2n) is 2.95. The molecular weight excluding hydrogens is 210 g/mol. The van der Waals surface area contributed by atoms with E-state index in [0.717, 1.165) is 6.21 Å². The van der Waals surface area contributed by atoms with Crippen molar-refractivity contribution in [2.75, 3.05) is 39.6 Å². The monoisotopic (exact) mass is 225 g/mol. The first-order valence-electron chi connectivity index (χ1n) is 4.81. The van der Waals surface area contributed by atoms with Crippen LogP contribution >= 0.6 is 0 Å². The molecule has 0 saturated heterocycles. The van der Waals surface area contributed by atoms with Crippen LogP contribution in [0, 0.1) is 34.0 Å². The Morgan fingerprint density at radius 2 is 1.50 bits per heavy atom. The zero-order chi connectivity index (χ0) is 12.1. The molecule has 0 atom stereocenters. The summed E-state index contributed by atoms with van der Waals surface area (Å²) >= 11 is 0. The van der Waals surface area contributed by atoms with Gasteiger partial charge in [0, 0.05) is 12.1 Å². The standard InChI is InChI=1S/C10H15N3O3/c11-1-4-14-7-10(8-15-5-2-12)9-16-6-3-13/h1,10-11H,4-9H2. The fraction of sp³-hybridized carbons (Fsp3) is 0.700. The van der Waals surface area contributed by atoms with Crippen LogP contribution in [0.4, 0.5) is 0 Å². The summed E-state index contributed by atoms with van der Waals surface area (Å²) in [7, 11) is 0. The van der Waals surface area contributed by atoms with Crippen LogP contribution in [-0.2, 0) is 14.2 Å². The van der Waals surface area contributed by atoms with Gasteiger partial charge in [-0.25, -0.2) is 0 Å². The summed E-state index contributed by atoms with van der Waals surface area (Å²) in [6.45, 7) is 1.37. The van der Waals surface area contributed by atoms with Crippen molar-refractivity contribution in [2.45, 2.75) is 0 Å². The van der Waals surface area contributed by atoms with Gasteiger partial charge >= 0.3 is 0 Å². The van der Waals surface area contributed by atoms with E-state index in [4.69, 9.17) is 30.1 Å². The van der Waals surface area contributed by atoms with Crippen LogP contribution in [0.3, 0.4) is 0 Å². The molecule has 0 aliphatic rings. The zero-order valence-electron chi connectivity index (χ0n) is 9.02. The van der Waals surface area contributed by atoms with Crippen LogP contribution in [-0.4, -0.2) is 45.9 Å². The van der Waals surface area contributed by atoms with Gasteiger partial charge in [0.15, 0.2) is 0 Å². The summed E-state index contributed by atoms with van der Waals surface area (Å²) < 4.78 is 15.2. The highest BCUT2D eigenvalue weighted by Crippen LogP contribution is 2.00. The van der Waals surface area contributed by atoms with E-state index in [9.17, 15) is 0 Å². The van der Waals surface area contributed by atoms with Gasteiger partial charge < -0.3 is 19.6 Å².